The highest BCUT2D eigenvalue weighted by Crippen LogP contribution is 2.36. The largest absolute Gasteiger partial charge is 0.417 e. The number of hydrogen-bond donors (Lipinski definition) is 0. The molecule has 12 heavy (non-hydrogen) atoms. The lowest BCUT2D eigenvalue weighted by Crippen LogP contribution is -2.40. The lowest BCUT2D eigenvalue weighted by Gasteiger charge is -2.36. The third-order valence-corrected chi connectivity index (χ3v) is 7.31. The second-order valence-corrected chi connectivity index (χ2v) is 9.77. The van der Waals surface area contributed by atoms with Gasteiger partial charge in [-0.2, -0.15) is 0 Å². The van der Waals surface area contributed by atoms with Gasteiger partial charge in [-0.05, 0) is 24.6 Å². The summed E-state index contributed by atoms with van der Waals surface area (Å²) < 4.78 is 5.97. The van der Waals surface area contributed by atoms with Gasteiger partial charge in [0.05, 0.1) is 0 Å². The highest BCUT2D eigenvalue weighted by atomic mass is 28.4. The summed E-state index contributed by atoms with van der Waals surface area (Å²) in [6.45, 7) is 14.6. The van der Waals surface area contributed by atoms with Crippen LogP contribution in [0.2, 0.25) is 18.1 Å². The van der Waals surface area contributed by atoms with Crippen molar-refractivity contribution in [1.82, 2.24) is 0 Å². The minimum Gasteiger partial charge on any atom is -0.417 e. The average Bonchev–Trinajstić information content (AvgIpc) is 1.85. The van der Waals surface area contributed by atoms with E-state index in [-0.39, 0.29) is 0 Å². The van der Waals surface area contributed by atoms with E-state index in [1.165, 1.54) is 12.8 Å². The van der Waals surface area contributed by atoms with E-state index in [1.807, 2.05) is 0 Å². The van der Waals surface area contributed by atoms with Crippen LogP contribution < -0.4 is 0 Å². The first-order chi connectivity index (χ1) is 5.31. The Morgan fingerprint density at radius 2 is 1.67 bits per heavy atom. The second kappa shape index (κ2) is 4.42. The van der Waals surface area contributed by atoms with Crippen molar-refractivity contribution in [3.05, 3.63) is 0 Å². The van der Waals surface area contributed by atoms with Gasteiger partial charge >= 0.3 is 0 Å². The molecule has 0 radical (unpaired) electrons. The van der Waals surface area contributed by atoms with E-state index in [2.05, 4.69) is 40.8 Å². The molecule has 0 saturated carbocycles. The lowest BCUT2D eigenvalue weighted by molar-refractivity contribution is 0.281. The molecule has 74 valence electrons. The topological polar surface area (TPSA) is 9.23 Å². The van der Waals surface area contributed by atoms with Gasteiger partial charge in [0.1, 0.15) is 0 Å². The van der Waals surface area contributed by atoms with E-state index in [9.17, 15) is 0 Å². The molecule has 0 aliphatic carbocycles. The Morgan fingerprint density at radius 1 is 1.17 bits per heavy atom. The Balaban J connectivity index is 3.88. The monoisotopic (exact) mass is 188 g/mol. The molecule has 0 aromatic rings. The molecule has 0 N–H and O–H groups in total. The SMILES string of the molecule is CCCCO[Si](C)(C)C(C)(C)C. The van der Waals surface area contributed by atoms with Crippen LogP contribution in [0.1, 0.15) is 40.5 Å². The van der Waals surface area contributed by atoms with Crippen molar-refractivity contribution in [2.75, 3.05) is 6.61 Å². The summed E-state index contributed by atoms with van der Waals surface area (Å²) in [5.41, 5.74) is 0. The normalized spacial score (nSPS) is 13.5. The lowest BCUT2D eigenvalue weighted by atomic mass is 10.2. The summed E-state index contributed by atoms with van der Waals surface area (Å²) in [5.74, 6) is 0. The quantitative estimate of drug-likeness (QED) is 0.481. The minimum absolute atomic E-state index is 0.362. The van der Waals surface area contributed by atoms with Gasteiger partial charge in [0, 0.05) is 6.61 Å². The molecule has 0 amide bonds. The summed E-state index contributed by atoms with van der Waals surface area (Å²) in [6.07, 6.45) is 2.43. The molecule has 0 bridgehead atoms. The van der Waals surface area contributed by atoms with Crippen LogP contribution in [0.25, 0.3) is 0 Å². The molecule has 1 nitrogen and oxygen atoms in total. The third kappa shape index (κ3) is 3.72. The molecule has 0 unspecified atom stereocenters. The van der Waals surface area contributed by atoms with E-state index in [0.29, 0.717) is 5.04 Å². The molecular formula is C10H24OSi. The molecule has 0 rings (SSSR count). The van der Waals surface area contributed by atoms with Gasteiger partial charge in [-0.25, -0.2) is 0 Å². The summed E-state index contributed by atoms with van der Waals surface area (Å²) in [6, 6.07) is 0. The molecule has 0 spiro atoms. The maximum Gasteiger partial charge on any atom is 0.191 e. The molecule has 0 aliphatic heterocycles. The molecule has 2 heteroatoms. The van der Waals surface area contributed by atoms with Gasteiger partial charge in [0.2, 0.25) is 0 Å². The zero-order valence-corrected chi connectivity index (χ0v) is 10.5. The second-order valence-electron chi connectivity index (χ2n) is 4.96. The Hall–Kier alpha value is 0.177. The standard InChI is InChI=1S/C10H24OSi/c1-7-8-9-11-12(5,6)10(2,3)4/h7-9H2,1-6H3. The summed E-state index contributed by atoms with van der Waals surface area (Å²) >= 11 is 0. The molecule has 0 atom stereocenters. The Bertz CT molecular complexity index is 124. The van der Waals surface area contributed by atoms with Gasteiger partial charge in [-0.3, -0.25) is 0 Å². The molecule has 0 saturated heterocycles. The predicted octanol–water partition coefficient (Wildman–Crippen LogP) is 3.81. The van der Waals surface area contributed by atoms with Crippen molar-refractivity contribution in [2.24, 2.45) is 0 Å². The molecule has 0 aliphatic rings. The van der Waals surface area contributed by atoms with Crippen LogP contribution in [0.3, 0.4) is 0 Å². The molecule has 0 aromatic heterocycles. The maximum absolute atomic E-state index is 5.97. The zero-order chi connectivity index (χ0) is 9.83. The average molecular weight is 188 g/mol. The van der Waals surface area contributed by atoms with Crippen molar-refractivity contribution in [1.29, 1.82) is 0 Å². The van der Waals surface area contributed by atoms with Crippen molar-refractivity contribution in [3.8, 4) is 0 Å². The fourth-order valence-electron chi connectivity index (χ4n) is 0.688. The van der Waals surface area contributed by atoms with E-state index in [4.69, 9.17) is 4.43 Å². The Morgan fingerprint density at radius 3 is 2.00 bits per heavy atom. The van der Waals surface area contributed by atoms with Crippen LogP contribution in [-0.4, -0.2) is 14.9 Å². The summed E-state index contributed by atoms with van der Waals surface area (Å²) in [7, 11) is -1.44. The maximum atomic E-state index is 5.97. The molecule has 0 heterocycles. The number of unbranched alkanes of at least 4 members (excludes halogenated alkanes) is 1. The third-order valence-electron chi connectivity index (χ3n) is 2.77. The first-order valence-corrected chi connectivity index (χ1v) is 7.86. The first kappa shape index (κ1) is 12.2. The van der Waals surface area contributed by atoms with Gasteiger partial charge in [-0.15, -0.1) is 0 Å². The number of rotatable bonds is 4. The molecule has 0 fully saturated rings. The van der Waals surface area contributed by atoms with Gasteiger partial charge < -0.3 is 4.43 Å². The van der Waals surface area contributed by atoms with Crippen LogP contribution >= 0.6 is 0 Å². The first-order valence-electron chi connectivity index (χ1n) is 4.95. The zero-order valence-electron chi connectivity index (χ0n) is 9.53. The Kier molecular flexibility index (Phi) is 4.49. The molecular weight excluding hydrogens is 164 g/mol. The summed E-state index contributed by atoms with van der Waals surface area (Å²) in [4.78, 5) is 0. The van der Waals surface area contributed by atoms with Gasteiger partial charge in [-0.1, -0.05) is 34.1 Å². The van der Waals surface area contributed by atoms with Crippen LogP contribution in [0.4, 0.5) is 0 Å². The van der Waals surface area contributed by atoms with Crippen LogP contribution in [-0.2, 0) is 4.43 Å². The fraction of sp³-hybridized carbons (Fsp3) is 1.00. The highest BCUT2D eigenvalue weighted by molar-refractivity contribution is 6.74. The highest BCUT2D eigenvalue weighted by Gasteiger charge is 2.36. The van der Waals surface area contributed by atoms with Crippen molar-refractivity contribution in [2.45, 2.75) is 58.7 Å². The Labute approximate surface area is 78.6 Å². The number of hydrogen-bond acceptors (Lipinski definition) is 1. The van der Waals surface area contributed by atoms with Crippen molar-refractivity contribution >= 4 is 8.32 Å². The van der Waals surface area contributed by atoms with E-state index in [1.54, 1.807) is 0 Å². The predicted molar refractivity (Wildman–Crippen MR) is 58.1 cm³/mol. The van der Waals surface area contributed by atoms with Crippen molar-refractivity contribution in [3.63, 3.8) is 0 Å². The van der Waals surface area contributed by atoms with Crippen LogP contribution in [0.5, 0.6) is 0 Å². The fourth-order valence-corrected chi connectivity index (χ4v) is 1.78. The van der Waals surface area contributed by atoms with E-state index < -0.39 is 8.32 Å². The molecule has 0 aromatic carbocycles. The van der Waals surface area contributed by atoms with Crippen molar-refractivity contribution < 1.29 is 4.43 Å². The van der Waals surface area contributed by atoms with E-state index >= 15 is 0 Å². The minimum atomic E-state index is -1.44. The van der Waals surface area contributed by atoms with Crippen LogP contribution in [0, 0.1) is 0 Å². The van der Waals surface area contributed by atoms with Gasteiger partial charge in [0.25, 0.3) is 0 Å². The van der Waals surface area contributed by atoms with Gasteiger partial charge in [0.15, 0.2) is 8.32 Å². The summed E-state index contributed by atoms with van der Waals surface area (Å²) in [5, 5.41) is 0.362. The van der Waals surface area contributed by atoms with E-state index in [0.717, 1.165) is 6.61 Å². The van der Waals surface area contributed by atoms with Crippen LogP contribution in [0.15, 0.2) is 0 Å². The smallest absolute Gasteiger partial charge is 0.191 e.